The zero-order valence-electron chi connectivity index (χ0n) is 8.50. The summed E-state index contributed by atoms with van der Waals surface area (Å²) in [5.74, 6) is 0. The molecule has 0 aliphatic carbocycles. The predicted octanol–water partition coefficient (Wildman–Crippen LogP) is 2.37. The van der Waals surface area contributed by atoms with Crippen LogP contribution >= 0.6 is 11.6 Å². The predicted molar refractivity (Wildman–Crippen MR) is 59.6 cm³/mol. The van der Waals surface area contributed by atoms with E-state index in [9.17, 15) is 0 Å². The lowest BCUT2D eigenvalue weighted by molar-refractivity contribution is 0.243. The lowest BCUT2D eigenvalue weighted by Crippen LogP contribution is -2.31. The molecule has 1 aromatic rings. The molecule has 78 valence electrons. The van der Waals surface area contributed by atoms with Gasteiger partial charge in [-0.15, -0.1) is 0 Å². The highest BCUT2D eigenvalue weighted by molar-refractivity contribution is 6.31. The van der Waals surface area contributed by atoms with Gasteiger partial charge in [0, 0.05) is 17.1 Å². The fourth-order valence-electron chi connectivity index (χ4n) is 1.40. The van der Waals surface area contributed by atoms with Crippen molar-refractivity contribution in [3.8, 4) is 0 Å². The van der Waals surface area contributed by atoms with Gasteiger partial charge in [0.2, 0.25) is 0 Å². The molecule has 0 unspecified atom stereocenters. The molecule has 0 fully saturated rings. The monoisotopic (exact) mass is 213 g/mol. The summed E-state index contributed by atoms with van der Waals surface area (Å²) in [5, 5.41) is 12.9. The molecule has 0 aromatic heterocycles. The number of hydrogen-bond acceptors (Lipinski definition) is 2. The Bertz CT molecular complexity index is 290. The minimum Gasteiger partial charge on any atom is -0.395 e. The van der Waals surface area contributed by atoms with Crippen molar-refractivity contribution >= 4 is 11.6 Å². The molecule has 2 atom stereocenters. The number of aliphatic hydroxyl groups excluding tert-OH is 1. The maximum atomic E-state index is 8.90. The second kappa shape index (κ2) is 5.35. The van der Waals surface area contributed by atoms with Crippen molar-refractivity contribution in [3.63, 3.8) is 0 Å². The number of hydrogen-bond donors (Lipinski definition) is 2. The van der Waals surface area contributed by atoms with Crippen LogP contribution < -0.4 is 5.32 Å². The van der Waals surface area contributed by atoms with Gasteiger partial charge in [-0.25, -0.2) is 0 Å². The summed E-state index contributed by atoms with van der Waals surface area (Å²) in [5.41, 5.74) is 1.06. The third-order valence-electron chi connectivity index (χ3n) is 2.18. The Morgan fingerprint density at radius 2 is 2.00 bits per heavy atom. The molecule has 1 rings (SSSR count). The topological polar surface area (TPSA) is 32.3 Å². The Kier molecular flexibility index (Phi) is 4.39. The third-order valence-corrected chi connectivity index (χ3v) is 2.52. The van der Waals surface area contributed by atoms with E-state index in [4.69, 9.17) is 16.7 Å². The Balaban J connectivity index is 2.69. The fourth-order valence-corrected chi connectivity index (χ4v) is 1.69. The Morgan fingerprint density at radius 3 is 2.57 bits per heavy atom. The number of nitrogens with one attached hydrogen (secondary N) is 1. The van der Waals surface area contributed by atoms with Crippen LogP contribution in [0.2, 0.25) is 5.02 Å². The molecule has 0 bridgehead atoms. The zero-order chi connectivity index (χ0) is 10.6. The van der Waals surface area contributed by atoms with Gasteiger partial charge in [-0.05, 0) is 25.5 Å². The summed E-state index contributed by atoms with van der Waals surface area (Å²) in [6, 6.07) is 7.98. The molecule has 0 saturated heterocycles. The molecule has 2 nitrogen and oxygen atoms in total. The fraction of sp³-hybridized carbons (Fsp3) is 0.455. The van der Waals surface area contributed by atoms with Gasteiger partial charge in [0.25, 0.3) is 0 Å². The van der Waals surface area contributed by atoms with Crippen LogP contribution in [0.4, 0.5) is 0 Å². The van der Waals surface area contributed by atoms with Crippen molar-refractivity contribution in [3.05, 3.63) is 34.9 Å². The van der Waals surface area contributed by atoms with Gasteiger partial charge in [0.05, 0.1) is 6.61 Å². The van der Waals surface area contributed by atoms with E-state index < -0.39 is 0 Å². The molecule has 0 saturated carbocycles. The minimum absolute atomic E-state index is 0.0845. The number of benzene rings is 1. The number of rotatable bonds is 4. The maximum absolute atomic E-state index is 8.90. The minimum atomic E-state index is 0.0845. The largest absolute Gasteiger partial charge is 0.395 e. The first-order chi connectivity index (χ1) is 6.65. The number of aliphatic hydroxyl groups is 1. The highest BCUT2D eigenvalue weighted by atomic mass is 35.5. The quantitative estimate of drug-likeness (QED) is 0.805. The Hall–Kier alpha value is -0.570. The maximum Gasteiger partial charge on any atom is 0.0582 e. The molecular weight excluding hydrogens is 198 g/mol. The van der Waals surface area contributed by atoms with E-state index in [1.54, 1.807) is 0 Å². The lowest BCUT2D eigenvalue weighted by Gasteiger charge is -2.19. The molecule has 0 radical (unpaired) electrons. The second-order valence-electron chi connectivity index (χ2n) is 3.49. The SMILES string of the molecule is C[C@@H](CO)N[C@H](C)c1ccccc1Cl. The van der Waals surface area contributed by atoms with Crippen molar-refractivity contribution in [2.45, 2.75) is 25.9 Å². The van der Waals surface area contributed by atoms with E-state index in [0.717, 1.165) is 10.6 Å². The summed E-state index contributed by atoms with van der Waals surface area (Å²) < 4.78 is 0. The summed E-state index contributed by atoms with van der Waals surface area (Å²) in [4.78, 5) is 0. The van der Waals surface area contributed by atoms with Crippen LogP contribution in [0, 0.1) is 0 Å². The van der Waals surface area contributed by atoms with Crippen LogP contribution in [0.3, 0.4) is 0 Å². The third kappa shape index (κ3) is 2.98. The molecule has 2 N–H and O–H groups in total. The molecule has 3 heteroatoms. The van der Waals surface area contributed by atoms with Gasteiger partial charge in [0.15, 0.2) is 0 Å². The van der Waals surface area contributed by atoms with Crippen LogP contribution in [0.1, 0.15) is 25.5 Å². The molecule has 1 aromatic carbocycles. The molecule has 0 aliphatic heterocycles. The molecule has 14 heavy (non-hydrogen) atoms. The van der Waals surface area contributed by atoms with Crippen molar-refractivity contribution in [1.82, 2.24) is 5.32 Å². The molecular formula is C11H16ClNO. The van der Waals surface area contributed by atoms with Gasteiger partial charge >= 0.3 is 0 Å². The highest BCUT2D eigenvalue weighted by Gasteiger charge is 2.10. The van der Waals surface area contributed by atoms with Gasteiger partial charge in [0.1, 0.15) is 0 Å². The van der Waals surface area contributed by atoms with Crippen molar-refractivity contribution < 1.29 is 5.11 Å². The summed E-state index contributed by atoms with van der Waals surface area (Å²) >= 11 is 6.04. The van der Waals surface area contributed by atoms with E-state index in [2.05, 4.69) is 5.32 Å². The zero-order valence-corrected chi connectivity index (χ0v) is 9.25. The van der Waals surface area contributed by atoms with Crippen LogP contribution in [-0.2, 0) is 0 Å². The smallest absolute Gasteiger partial charge is 0.0582 e. The Labute approximate surface area is 89.9 Å². The van der Waals surface area contributed by atoms with E-state index in [1.807, 2.05) is 38.1 Å². The molecule has 0 spiro atoms. The van der Waals surface area contributed by atoms with Gasteiger partial charge in [-0.2, -0.15) is 0 Å². The summed E-state index contributed by atoms with van der Waals surface area (Å²) in [6.45, 7) is 4.11. The average Bonchev–Trinajstić information content (AvgIpc) is 2.18. The van der Waals surface area contributed by atoms with E-state index in [1.165, 1.54) is 0 Å². The van der Waals surface area contributed by atoms with Gasteiger partial charge in [-0.3, -0.25) is 0 Å². The van der Waals surface area contributed by atoms with E-state index >= 15 is 0 Å². The first-order valence-electron chi connectivity index (χ1n) is 4.76. The van der Waals surface area contributed by atoms with Crippen molar-refractivity contribution in [2.75, 3.05) is 6.61 Å². The average molecular weight is 214 g/mol. The van der Waals surface area contributed by atoms with E-state index in [-0.39, 0.29) is 18.7 Å². The lowest BCUT2D eigenvalue weighted by atomic mass is 10.1. The number of halogens is 1. The first kappa shape index (κ1) is 11.5. The standard InChI is InChI=1S/C11H16ClNO/c1-8(7-14)13-9(2)10-5-3-4-6-11(10)12/h3-6,8-9,13-14H,7H2,1-2H3/t8-,9+/m0/s1. The first-order valence-corrected chi connectivity index (χ1v) is 5.14. The molecule has 0 aliphatic rings. The van der Waals surface area contributed by atoms with Crippen molar-refractivity contribution in [1.29, 1.82) is 0 Å². The second-order valence-corrected chi connectivity index (χ2v) is 3.90. The van der Waals surface area contributed by atoms with Crippen LogP contribution in [0.5, 0.6) is 0 Å². The van der Waals surface area contributed by atoms with Crippen molar-refractivity contribution in [2.24, 2.45) is 0 Å². The van der Waals surface area contributed by atoms with Gasteiger partial charge in [-0.1, -0.05) is 29.8 Å². The highest BCUT2D eigenvalue weighted by Crippen LogP contribution is 2.22. The summed E-state index contributed by atoms with van der Waals surface area (Å²) in [6.07, 6.45) is 0. The molecule has 0 amide bonds. The van der Waals surface area contributed by atoms with Crippen LogP contribution in [-0.4, -0.2) is 17.8 Å². The normalized spacial score (nSPS) is 15.1. The van der Waals surface area contributed by atoms with Crippen LogP contribution in [0.25, 0.3) is 0 Å². The Morgan fingerprint density at radius 1 is 1.36 bits per heavy atom. The van der Waals surface area contributed by atoms with E-state index in [0.29, 0.717) is 0 Å². The van der Waals surface area contributed by atoms with Crippen LogP contribution in [0.15, 0.2) is 24.3 Å². The summed E-state index contributed by atoms with van der Waals surface area (Å²) in [7, 11) is 0. The van der Waals surface area contributed by atoms with Gasteiger partial charge < -0.3 is 10.4 Å². The molecule has 0 heterocycles.